The van der Waals surface area contributed by atoms with Gasteiger partial charge in [-0.25, -0.2) is 0 Å². The van der Waals surface area contributed by atoms with Crippen LogP contribution in [-0.4, -0.2) is 63.2 Å². The zero-order valence-electron chi connectivity index (χ0n) is 26.1. The minimum Gasteiger partial charge on any atom is -0.392 e. The largest absolute Gasteiger partial charge is 0.392 e. The Morgan fingerprint density at radius 1 is 0.975 bits per heavy atom. The lowest BCUT2D eigenvalue weighted by atomic mass is 9.44. The van der Waals surface area contributed by atoms with Gasteiger partial charge in [-0.3, -0.25) is 4.79 Å². The van der Waals surface area contributed by atoms with Gasteiger partial charge in [0.1, 0.15) is 0 Å². The molecule has 226 valence electrons. The fraction of sp³-hybridized carbons (Fsp3) is 0.909. The van der Waals surface area contributed by atoms with Crippen molar-refractivity contribution >= 4 is 5.78 Å². The summed E-state index contributed by atoms with van der Waals surface area (Å²) < 4.78 is 25.7. The van der Waals surface area contributed by atoms with Crippen molar-refractivity contribution in [1.29, 1.82) is 0 Å². The van der Waals surface area contributed by atoms with Crippen LogP contribution in [0.2, 0.25) is 0 Å². The molecule has 2 aliphatic heterocycles. The van der Waals surface area contributed by atoms with Crippen LogP contribution in [0.15, 0.2) is 11.6 Å². The van der Waals surface area contributed by atoms with Crippen LogP contribution in [0.1, 0.15) is 107 Å². The van der Waals surface area contributed by atoms with E-state index in [0.717, 1.165) is 24.8 Å². The molecule has 40 heavy (non-hydrogen) atoms. The summed E-state index contributed by atoms with van der Waals surface area (Å²) in [7, 11) is 0. The van der Waals surface area contributed by atoms with Gasteiger partial charge >= 0.3 is 0 Å². The Labute approximate surface area is 240 Å². The molecule has 3 saturated carbocycles. The predicted molar refractivity (Wildman–Crippen MR) is 150 cm³/mol. The van der Waals surface area contributed by atoms with Gasteiger partial charge in [-0.1, -0.05) is 27.7 Å². The molecule has 2 saturated heterocycles. The van der Waals surface area contributed by atoms with Gasteiger partial charge in [0, 0.05) is 17.3 Å². The maximum atomic E-state index is 13.9. The highest BCUT2D eigenvalue weighted by atomic mass is 16.8. The van der Waals surface area contributed by atoms with Gasteiger partial charge in [0.2, 0.25) is 0 Å². The summed E-state index contributed by atoms with van der Waals surface area (Å²) in [5.74, 6) is -1.41. The third-order valence-corrected chi connectivity index (χ3v) is 12.1. The standard InChI is InChI=1S/C33H52O7/c1-18(2)10-11-26-32(9,40-29(5,6)39-26)25-12-13-33(36)20-14-21(34)19-15-23-24(38-28(3,4)37-23)17-30(19,7)27(20)22(35)16-31(25,33)8/h14,18-19,22-27,35-36H,10-13,15-17H2,1-9H3/t19-,22+,23-,24-,25+,26+,27+,30+,31-,32+,33+/m0/s1. The highest BCUT2D eigenvalue weighted by Gasteiger charge is 2.73. The average molecular weight is 561 g/mol. The summed E-state index contributed by atoms with van der Waals surface area (Å²) in [6.07, 6.45) is 5.58. The van der Waals surface area contributed by atoms with Crippen molar-refractivity contribution in [1.82, 2.24) is 0 Å². The molecule has 2 N–H and O–H groups in total. The third-order valence-electron chi connectivity index (χ3n) is 12.1. The summed E-state index contributed by atoms with van der Waals surface area (Å²) in [5, 5.41) is 24.8. The van der Waals surface area contributed by atoms with Crippen LogP contribution < -0.4 is 0 Å². The number of rotatable bonds is 4. The Morgan fingerprint density at radius 3 is 2.33 bits per heavy atom. The number of allylic oxidation sites excluding steroid dienone is 1. The van der Waals surface area contributed by atoms with Crippen molar-refractivity contribution in [2.45, 2.75) is 154 Å². The number of ketones is 1. The van der Waals surface area contributed by atoms with Crippen LogP contribution in [0.5, 0.6) is 0 Å². The Balaban J connectivity index is 1.37. The molecule has 0 bridgehead atoms. The highest BCUT2D eigenvalue weighted by molar-refractivity contribution is 5.95. The first-order chi connectivity index (χ1) is 18.4. The number of fused-ring (bicyclic) bond motifs is 6. The molecule has 6 rings (SSSR count). The minimum absolute atomic E-state index is 0.0378. The summed E-state index contributed by atoms with van der Waals surface area (Å²) in [4.78, 5) is 13.9. The molecule has 7 nitrogen and oxygen atoms in total. The van der Waals surface area contributed by atoms with Gasteiger partial charge in [0.25, 0.3) is 0 Å². The fourth-order valence-corrected chi connectivity index (χ4v) is 10.6. The van der Waals surface area contributed by atoms with Crippen molar-refractivity contribution in [2.75, 3.05) is 0 Å². The SMILES string of the molecule is CC(C)CC[C@H]1OC(C)(C)O[C@]1(C)[C@@H]1CC[C@@]2(O)C3=CC(=O)[C@@H]4C[C@@H]5OC(C)(C)O[C@H]5C[C@@]4(C)[C@H]3[C@H](O)C[C@@]12C. The van der Waals surface area contributed by atoms with E-state index in [4.69, 9.17) is 18.9 Å². The van der Waals surface area contributed by atoms with E-state index in [-0.39, 0.29) is 41.8 Å². The second-order valence-electron chi connectivity index (χ2n) is 16.1. The van der Waals surface area contributed by atoms with Crippen molar-refractivity contribution in [3.8, 4) is 0 Å². The van der Waals surface area contributed by atoms with E-state index in [9.17, 15) is 15.0 Å². The average Bonchev–Trinajstić information content (AvgIpc) is 3.34. The number of aliphatic hydroxyl groups is 2. The summed E-state index contributed by atoms with van der Waals surface area (Å²) >= 11 is 0. The first kappa shape index (κ1) is 29.3. The van der Waals surface area contributed by atoms with Crippen LogP contribution >= 0.6 is 0 Å². The molecule has 0 unspecified atom stereocenters. The van der Waals surface area contributed by atoms with Crippen LogP contribution in [0.3, 0.4) is 0 Å². The fourth-order valence-electron chi connectivity index (χ4n) is 10.6. The Kier molecular flexibility index (Phi) is 6.48. The summed E-state index contributed by atoms with van der Waals surface area (Å²) in [6.45, 7) is 18.7. The lowest BCUT2D eigenvalue weighted by Gasteiger charge is -2.62. The quantitative estimate of drug-likeness (QED) is 0.481. The van der Waals surface area contributed by atoms with E-state index in [1.165, 1.54) is 0 Å². The minimum atomic E-state index is -1.20. The summed E-state index contributed by atoms with van der Waals surface area (Å²) in [5.41, 5.74) is -2.26. The Bertz CT molecular complexity index is 1100. The first-order valence-corrected chi connectivity index (χ1v) is 15.8. The molecule has 0 spiro atoms. The normalized spacial score (nSPS) is 52.6. The van der Waals surface area contributed by atoms with E-state index >= 15 is 0 Å². The molecule has 2 heterocycles. The van der Waals surface area contributed by atoms with Crippen LogP contribution in [0.4, 0.5) is 0 Å². The van der Waals surface area contributed by atoms with Crippen molar-refractivity contribution in [3.63, 3.8) is 0 Å². The van der Waals surface area contributed by atoms with Gasteiger partial charge in [-0.2, -0.15) is 0 Å². The van der Waals surface area contributed by atoms with E-state index in [0.29, 0.717) is 31.6 Å². The van der Waals surface area contributed by atoms with Gasteiger partial charge in [0.05, 0.1) is 35.6 Å². The van der Waals surface area contributed by atoms with Crippen LogP contribution in [-0.2, 0) is 23.7 Å². The van der Waals surface area contributed by atoms with Crippen molar-refractivity contribution < 1.29 is 34.0 Å². The second kappa shape index (κ2) is 8.86. The van der Waals surface area contributed by atoms with E-state index in [2.05, 4.69) is 34.6 Å². The lowest BCUT2D eigenvalue weighted by molar-refractivity contribution is -0.201. The van der Waals surface area contributed by atoms with Crippen molar-refractivity contribution in [2.24, 2.45) is 34.5 Å². The first-order valence-electron chi connectivity index (χ1n) is 15.8. The number of carbonyl (C=O) groups is 1. The summed E-state index contributed by atoms with van der Waals surface area (Å²) in [6, 6.07) is 0. The maximum absolute atomic E-state index is 13.9. The number of hydrogen-bond acceptors (Lipinski definition) is 7. The van der Waals surface area contributed by atoms with E-state index in [1.54, 1.807) is 6.08 Å². The molecule has 0 aromatic rings. The number of ether oxygens (including phenoxy) is 4. The van der Waals surface area contributed by atoms with E-state index < -0.39 is 39.7 Å². The van der Waals surface area contributed by atoms with E-state index in [1.807, 2.05) is 27.7 Å². The topological polar surface area (TPSA) is 94.5 Å². The molecular formula is C33H52O7. The molecule has 0 aromatic heterocycles. The zero-order valence-corrected chi connectivity index (χ0v) is 26.1. The maximum Gasteiger partial charge on any atom is 0.164 e. The van der Waals surface area contributed by atoms with Crippen molar-refractivity contribution in [3.05, 3.63) is 11.6 Å². The Hall–Kier alpha value is -0.830. The monoisotopic (exact) mass is 560 g/mol. The zero-order chi connectivity index (χ0) is 29.3. The van der Waals surface area contributed by atoms with Gasteiger partial charge < -0.3 is 29.2 Å². The molecule has 11 atom stereocenters. The van der Waals surface area contributed by atoms with Gasteiger partial charge in [-0.15, -0.1) is 0 Å². The molecule has 7 heteroatoms. The predicted octanol–water partition coefficient (Wildman–Crippen LogP) is 5.31. The molecule has 6 aliphatic rings. The van der Waals surface area contributed by atoms with Gasteiger partial charge in [0.15, 0.2) is 17.4 Å². The highest BCUT2D eigenvalue weighted by Crippen LogP contribution is 2.70. The lowest BCUT2D eigenvalue weighted by Crippen LogP contribution is -2.66. The molecular weight excluding hydrogens is 508 g/mol. The number of carbonyl (C=O) groups excluding carboxylic acids is 1. The van der Waals surface area contributed by atoms with Crippen LogP contribution in [0, 0.1) is 34.5 Å². The molecule has 4 aliphatic carbocycles. The molecule has 0 aromatic carbocycles. The number of aliphatic hydroxyl groups excluding tert-OH is 1. The molecule has 0 radical (unpaired) electrons. The van der Waals surface area contributed by atoms with Crippen LogP contribution in [0.25, 0.3) is 0 Å². The molecule has 0 amide bonds. The smallest absolute Gasteiger partial charge is 0.164 e. The van der Waals surface area contributed by atoms with Gasteiger partial charge in [-0.05, 0) is 108 Å². The second-order valence-corrected chi connectivity index (χ2v) is 16.1. The molecule has 5 fully saturated rings. The Morgan fingerprint density at radius 2 is 1.65 bits per heavy atom. The third kappa shape index (κ3) is 4.01. The number of hydrogen-bond donors (Lipinski definition) is 2.